The van der Waals surface area contributed by atoms with Gasteiger partial charge >= 0.3 is 0 Å². The molecule has 0 unspecified atom stereocenters. The molecule has 2 rings (SSSR count). The number of carbonyl (C=O) groups excluding carboxylic acids is 1. The van der Waals surface area contributed by atoms with Crippen LogP contribution in [0.15, 0.2) is 24.3 Å². The molecule has 5 nitrogen and oxygen atoms in total. The van der Waals surface area contributed by atoms with Crippen molar-refractivity contribution in [3.63, 3.8) is 0 Å². The lowest BCUT2D eigenvalue weighted by molar-refractivity contribution is 0.0910. The van der Waals surface area contributed by atoms with E-state index in [0.29, 0.717) is 0 Å². The normalized spacial score (nSPS) is 10.7. The van der Waals surface area contributed by atoms with Gasteiger partial charge in [0.2, 0.25) is 0 Å². The number of methoxy groups -OCH3 is 1. The fourth-order valence-corrected chi connectivity index (χ4v) is 2.79. The van der Waals surface area contributed by atoms with Crippen LogP contribution < -0.4 is 10.1 Å². The van der Waals surface area contributed by atoms with Crippen LogP contribution in [-0.2, 0) is 6.42 Å². The van der Waals surface area contributed by atoms with Crippen LogP contribution in [0.1, 0.15) is 47.9 Å². The smallest absolute Gasteiger partial charge is 0.266 e. The summed E-state index contributed by atoms with van der Waals surface area (Å²) in [5.74, 6) is 0.746. The Bertz CT molecular complexity index is 675. The first-order valence-corrected chi connectivity index (χ1v) is 8.53. The van der Waals surface area contributed by atoms with Crippen LogP contribution in [0.25, 0.3) is 0 Å². The number of unbranched alkanes of at least 4 members (excludes halogenated alkanes) is 2. The summed E-state index contributed by atoms with van der Waals surface area (Å²) in [6.07, 6.45) is 4.53. The van der Waals surface area contributed by atoms with Crippen molar-refractivity contribution >= 4 is 11.6 Å². The standard InChI is InChI=1S/C19H27N3O2/c1-5-6-7-8-18-14(2)21-22(15(18)3)19(23)13-20-16-9-11-17(24-4)12-10-16/h9-12,20H,5-8,13H2,1-4H3. The number of benzene rings is 1. The topological polar surface area (TPSA) is 56.2 Å². The molecule has 0 saturated heterocycles. The van der Waals surface area contributed by atoms with E-state index in [0.717, 1.165) is 35.7 Å². The summed E-state index contributed by atoms with van der Waals surface area (Å²) in [5.41, 5.74) is 4.02. The number of hydrogen-bond donors (Lipinski definition) is 1. The number of rotatable bonds is 8. The van der Waals surface area contributed by atoms with Crippen LogP contribution in [0.2, 0.25) is 0 Å². The van der Waals surface area contributed by atoms with Crippen molar-refractivity contribution in [3.05, 3.63) is 41.2 Å². The molecule has 0 amide bonds. The minimum Gasteiger partial charge on any atom is -0.497 e. The van der Waals surface area contributed by atoms with Gasteiger partial charge in [-0.25, -0.2) is 4.68 Å². The molecule has 1 N–H and O–H groups in total. The maximum absolute atomic E-state index is 12.5. The van der Waals surface area contributed by atoms with Crippen LogP contribution in [0.5, 0.6) is 5.75 Å². The predicted molar refractivity (Wildman–Crippen MR) is 97.0 cm³/mol. The molecule has 2 aromatic rings. The van der Waals surface area contributed by atoms with E-state index in [1.807, 2.05) is 38.1 Å². The molecule has 1 heterocycles. The Balaban J connectivity index is 1.99. The van der Waals surface area contributed by atoms with Crippen molar-refractivity contribution in [1.82, 2.24) is 9.78 Å². The first-order valence-electron chi connectivity index (χ1n) is 8.53. The number of aryl methyl sites for hydroxylation is 1. The molecule has 0 spiro atoms. The Labute approximate surface area is 144 Å². The number of aromatic nitrogens is 2. The average Bonchev–Trinajstić information content (AvgIpc) is 2.88. The second-order valence-corrected chi connectivity index (χ2v) is 5.99. The number of ether oxygens (including phenoxy) is 1. The second kappa shape index (κ2) is 8.52. The highest BCUT2D eigenvalue weighted by molar-refractivity contribution is 5.83. The SMILES string of the molecule is CCCCCc1c(C)nn(C(=O)CNc2ccc(OC)cc2)c1C. The van der Waals surface area contributed by atoms with E-state index in [4.69, 9.17) is 4.74 Å². The minimum absolute atomic E-state index is 0.0480. The molecule has 0 fully saturated rings. The van der Waals surface area contributed by atoms with Gasteiger partial charge in [0.05, 0.1) is 19.3 Å². The Hall–Kier alpha value is -2.30. The van der Waals surface area contributed by atoms with Gasteiger partial charge in [0.1, 0.15) is 5.75 Å². The summed E-state index contributed by atoms with van der Waals surface area (Å²) in [7, 11) is 1.63. The van der Waals surface area contributed by atoms with Crippen molar-refractivity contribution in [2.24, 2.45) is 0 Å². The van der Waals surface area contributed by atoms with Gasteiger partial charge in [-0.2, -0.15) is 5.10 Å². The predicted octanol–water partition coefficient (Wildman–Crippen LogP) is 3.99. The Morgan fingerprint density at radius 3 is 2.54 bits per heavy atom. The minimum atomic E-state index is -0.0480. The summed E-state index contributed by atoms with van der Waals surface area (Å²) in [5, 5.41) is 7.57. The monoisotopic (exact) mass is 329 g/mol. The zero-order valence-corrected chi connectivity index (χ0v) is 15.1. The number of carbonyl (C=O) groups is 1. The lowest BCUT2D eigenvalue weighted by Gasteiger charge is -2.08. The summed E-state index contributed by atoms with van der Waals surface area (Å²) in [6, 6.07) is 7.51. The zero-order valence-electron chi connectivity index (χ0n) is 15.1. The largest absolute Gasteiger partial charge is 0.497 e. The average molecular weight is 329 g/mol. The fraction of sp³-hybridized carbons (Fsp3) is 0.474. The molecule has 1 aromatic heterocycles. The van der Waals surface area contributed by atoms with Gasteiger partial charge in [-0.3, -0.25) is 4.79 Å². The lowest BCUT2D eigenvalue weighted by atomic mass is 10.1. The molecule has 0 atom stereocenters. The Morgan fingerprint density at radius 1 is 1.21 bits per heavy atom. The highest BCUT2D eigenvalue weighted by Gasteiger charge is 2.16. The number of nitrogens with zero attached hydrogens (tertiary/aromatic N) is 2. The molecule has 0 bridgehead atoms. The quantitative estimate of drug-likeness (QED) is 0.744. The molecule has 5 heteroatoms. The van der Waals surface area contributed by atoms with Gasteiger partial charge in [-0.05, 0) is 56.5 Å². The first-order chi connectivity index (χ1) is 11.6. The Morgan fingerprint density at radius 2 is 1.92 bits per heavy atom. The van der Waals surface area contributed by atoms with Crippen molar-refractivity contribution in [1.29, 1.82) is 0 Å². The summed E-state index contributed by atoms with van der Waals surface area (Å²) in [4.78, 5) is 12.5. The van der Waals surface area contributed by atoms with E-state index in [2.05, 4.69) is 17.3 Å². The molecule has 0 aliphatic carbocycles. The van der Waals surface area contributed by atoms with Crippen molar-refractivity contribution in [2.75, 3.05) is 19.0 Å². The van der Waals surface area contributed by atoms with E-state index >= 15 is 0 Å². The van der Waals surface area contributed by atoms with Crippen LogP contribution >= 0.6 is 0 Å². The van der Waals surface area contributed by atoms with Gasteiger partial charge in [0.25, 0.3) is 5.91 Å². The van der Waals surface area contributed by atoms with E-state index in [-0.39, 0.29) is 12.5 Å². The summed E-state index contributed by atoms with van der Waals surface area (Å²) >= 11 is 0. The third-order valence-electron chi connectivity index (χ3n) is 4.24. The molecule has 0 radical (unpaired) electrons. The lowest BCUT2D eigenvalue weighted by Crippen LogP contribution is -2.23. The second-order valence-electron chi connectivity index (χ2n) is 5.99. The number of anilines is 1. The highest BCUT2D eigenvalue weighted by atomic mass is 16.5. The molecule has 1 aromatic carbocycles. The molecule has 130 valence electrons. The van der Waals surface area contributed by atoms with Gasteiger partial charge in [-0.15, -0.1) is 0 Å². The van der Waals surface area contributed by atoms with Crippen LogP contribution in [-0.4, -0.2) is 29.3 Å². The molecule has 0 aliphatic heterocycles. The van der Waals surface area contributed by atoms with Gasteiger partial charge in [0, 0.05) is 11.4 Å². The summed E-state index contributed by atoms with van der Waals surface area (Å²) in [6.45, 7) is 6.36. The van der Waals surface area contributed by atoms with Crippen LogP contribution in [0.3, 0.4) is 0 Å². The third-order valence-corrected chi connectivity index (χ3v) is 4.24. The number of nitrogens with one attached hydrogen (secondary N) is 1. The third kappa shape index (κ3) is 4.37. The van der Waals surface area contributed by atoms with E-state index in [9.17, 15) is 4.79 Å². The summed E-state index contributed by atoms with van der Waals surface area (Å²) < 4.78 is 6.66. The van der Waals surface area contributed by atoms with Crippen molar-refractivity contribution in [2.45, 2.75) is 46.5 Å². The van der Waals surface area contributed by atoms with Crippen LogP contribution in [0, 0.1) is 13.8 Å². The van der Waals surface area contributed by atoms with Crippen molar-refractivity contribution < 1.29 is 9.53 Å². The van der Waals surface area contributed by atoms with Gasteiger partial charge in [0.15, 0.2) is 0 Å². The molecule has 24 heavy (non-hydrogen) atoms. The van der Waals surface area contributed by atoms with E-state index < -0.39 is 0 Å². The maximum Gasteiger partial charge on any atom is 0.266 e. The van der Waals surface area contributed by atoms with Gasteiger partial charge in [-0.1, -0.05) is 19.8 Å². The van der Waals surface area contributed by atoms with Crippen molar-refractivity contribution in [3.8, 4) is 5.75 Å². The molecular formula is C19H27N3O2. The molecule has 0 saturated carbocycles. The molecule has 0 aliphatic rings. The fourth-order valence-electron chi connectivity index (χ4n) is 2.79. The van der Waals surface area contributed by atoms with Crippen LogP contribution in [0.4, 0.5) is 5.69 Å². The first kappa shape index (κ1) is 18.0. The number of hydrogen-bond acceptors (Lipinski definition) is 4. The molecular weight excluding hydrogens is 302 g/mol. The van der Waals surface area contributed by atoms with Gasteiger partial charge < -0.3 is 10.1 Å². The highest BCUT2D eigenvalue weighted by Crippen LogP contribution is 2.17. The maximum atomic E-state index is 12.5. The Kier molecular flexibility index (Phi) is 6.41. The van der Waals surface area contributed by atoms with E-state index in [1.54, 1.807) is 7.11 Å². The zero-order chi connectivity index (χ0) is 17.5. The van der Waals surface area contributed by atoms with E-state index in [1.165, 1.54) is 23.1 Å².